The predicted molar refractivity (Wildman–Crippen MR) is 251 cm³/mol. The second-order valence-electron chi connectivity index (χ2n) is 15.2. The number of hydrogen-bond donors (Lipinski definition) is 0. The molecule has 286 valence electrons. The van der Waals surface area contributed by atoms with E-state index in [1.165, 1.54) is 22.3 Å². The molecule has 0 aliphatic rings. The van der Waals surface area contributed by atoms with E-state index in [2.05, 4.69) is 152 Å². The van der Waals surface area contributed by atoms with Gasteiger partial charge in [-0.25, -0.2) is 15.0 Å². The van der Waals surface area contributed by atoms with Crippen molar-refractivity contribution in [3.8, 4) is 89.8 Å². The van der Waals surface area contributed by atoms with E-state index in [0.29, 0.717) is 17.5 Å². The molecule has 2 aromatic heterocycles. The molecule has 2 heterocycles. The van der Waals surface area contributed by atoms with Crippen molar-refractivity contribution < 1.29 is 4.42 Å². The molecular weight excluding hydrogens is 743 g/mol. The zero-order chi connectivity index (χ0) is 40.5. The summed E-state index contributed by atoms with van der Waals surface area (Å²) >= 11 is 0. The Labute approximate surface area is 354 Å². The third kappa shape index (κ3) is 7.07. The number of aromatic nitrogens is 3. The molecule has 0 saturated carbocycles. The maximum atomic E-state index is 6.60. The molecule has 0 radical (unpaired) electrons. The molecule has 0 aliphatic heterocycles. The molecule has 0 atom stereocenters. The van der Waals surface area contributed by atoms with Gasteiger partial charge in [0.15, 0.2) is 17.5 Å². The van der Waals surface area contributed by atoms with Crippen molar-refractivity contribution in [2.24, 2.45) is 0 Å². The van der Waals surface area contributed by atoms with Crippen molar-refractivity contribution in [2.45, 2.75) is 0 Å². The van der Waals surface area contributed by atoms with Crippen molar-refractivity contribution in [2.75, 3.05) is 0 Å². The fraction of sp³-hybridized carbons (Fsp3) is 0. The fourth-order valence-electron chi connectivity index (χ4n) is 8.25. The fourth-order valence-corrected chi connectivity index (χ4v) is 8.25. The number of fused-ring (bicyclic) bond motifs is 3. The standard InChI is InChI=1S/C57H37N3O/c1-5-16-38(17-6-1)46-33-47(39-18-7-2-8-19-39)35-48(34-46)44-24-15-25-45(32-44)51-36-49(37-53-54(51)50-26-13-14-27-52(50)61-53)40-28-30-43(31-29-40)57-59-55(41-20-9-3-10-21-41)58-56(60-57)42-22-11-4-12-23-42/h1-37H. The highest BCUT2D eigenvalue weighted by molar-refractivity contribution is 6.14. The summed E-state index contributed by atoms with van der Waals surface area (Å²) in [7, 11) is 0. The van der Waals surface area contributed by atoms with Crippen molar-refractivity contribution >= 4 is 21.9 Å². The Morgan fingerprint density at radius 1 is 0.246 bits per heavy atom. The minimum Gasteiger partial charge on any atom is -0.456 e. The second-order valence-corrected chi connectivity index (χ2v) is 15.2. The summed E-state index contributed by atoms with van der Waals surface area (Å²) < 4.78 is 6.60. The number of nitrogens with zero attached hydrogens (tertiary/aromatic N) is 3. The van der Waals surface area contributed by atoms with Crippen LogP contribution in [0.25, 0.3) is 112 Å². The van der Waals surface area contributed by atoms with Gasteiger partial charge in [0.1, 0.15) is 11.2 Å². The lowest BCUT2D eigenvalue weighted by molar-refractivity contribution is 0.669. The lowest BCUT2D eigenvalue weighted by Crippen LogP contribution is -2.00. The maximum Gasteiger partial charge on any atom is 0.164 e. The number of para-hydroxylation sites is 1. The molecule has 61 heavy (non-hydrogen) atoms. The largest absolute Gasteiger partial charge is 0.456 e. The molecule has 0 fully saturated rings. The number of furan rings is 1. The van der Waals surface area contributed by atoms with Gasteiger partial charge in [-0.05, 0) is 98.1 Å². The molecular formula is C57H37N3O. The molecule has 0 N–H and O–H groups in total. The molecule has 0 saturated heterocycles. The van der Waals surface area contributed by atoms with Gasteiger partial charge in [-0.2, -0.15) is 0 Å². The lowest BCUT2D eigenvalue weighted by atomic mass is 9.90. The summed E-state index contributed by atoms with van der Waals surface area (Å²) in [6, 6.07) is 78.5. The summed E-state index contributed by atoms with van der Waals surface area (Å²) in [5.41, 5.74) is 15.9. The minimum atomic E-state index is 0.622. The highest BCUT2D eigenvalue weighted by Crippen LogP contribution is 2.42. The second kappa shape index (κ2) is 15.5. The van der Waals surface area contributed by atoms with Gasteiger partial charge in [0.05, 0.1) is 0 Å². The first-order chi connectivity index (χ1) is 30.2. The quantitative estimate of drug-likeness (QED) is 0.154. The Morgan fingerprint density at radius 3 is 1.18 bits per heavy atom. The zero-order valence-corrected chi connectivity index (χ0v) is 33.1. The van der Waals surface area contributed by atoms with Crippen LogP contribution in [0.2, 0.25) is 0 Å². The molecule has 0 unspecified atom stereocenters. The van der Waals surface area contributed by atoms with E-state index in [-0.39, 0.29) is 0 Å². The van der Waals surface area contributed by atoms with Crippen molar-refractivity contribution in [1.29, 1.82) is 0 Å². The average molecular weight is 780 g/mol. The van der Waals surface area contributed by atoms with E-state index in [4.69, 9.17) is 19.4 Å². The maximum absolute atomic E-state index is 6.60. The van der Waals surface area contributed by atoms with Crippen LogP contribution >= 0.6 is 0 Å². The molecule has 11 aromatic rings. The van der Waals surface area contributed by atoms with Crippen LogP contribution in [0.4, 0.5) is 0 Å². The van der Waals surface area contributed by atoms with Gasteiger partial charge in [0.2, 0.25) is 0 Å². The van der Waals surface area contributed by atoms with Gasteiger partial charge in [-0.3, -0.25) is 0 Å². The van der Waals surface area contributed by atoms with E-state index in [1.807, 2.05) is 72.8 Å². The highest BCUT2D eigenvalue weighted by Gasteiger charge is 2.18. The van der Waals surface area contributed by atoms with Crippen LogP contribution < -0.4 is 0 Å². The van der Waals surface area contributed by atoms with Gasteiger partial charge in [0.25, 0.3) is 0 Å². The van der Waals surface area contributed by atoms with E-state index in [0.717, 1.165) is 72.0 Å². The molecule has 0 aliphatic carbocycles. The van der Waals surface area contributed by atoms with Crippen LogP contribution in [0.3, 0.4) is 0 Å². The molecule has 9 aromatic carbocycles. The lowest BCUT2D eigenvalue weighted by Gasteiger charge is -2.13. The van der Waals surface area contributed by atoms with Crippen molar-refractivity contribution in [1.82, 2.24) is 15.0 Å². The van der Waals surface area contributed by atoms with Crippen LogP contribution in [0.1, 0.15) is 0 Å². The first-order valence-electron chi connectivity index (χ1n) is 20.5. The number of hydrogen-bond acceptors (Lipinski definition) is 4. The minimum absolute atomic E-state index is 0.622. The van der Waals surface area contributed by atoms with Gasteiger partial charge in [-0.15, -0.1) is 0 Å². The molecule has 0 amide bonds. The predicted octanol–water partition coefficient (Wildman–Crippen LogP) is 15.1. The molecule has 4 nitrogen and oxygen atoms in total. The Morgan fingerprint density at radius 2 is 0.623 bits per heavy atom. The van der Waals surface area contributed by atoms with Gasteiger partial charge < -0.3 is 4.42 Å². The average Bonchev–Trinajstić information content (AvgIpc) is 3.73. The molecule has 0 spiro atoms. The van der Waals surface area contributed by atoms with Gasteiger partial charge in [0, 0.05) is 27.5 Å². The van der Waals surface area contributed by atoms with Crippen molar-refractivity contribution in [3.05, 3.63) is 224 Å². The summed E-state index contributed by atoms with van der Waals surface area (Å²) in [6.07, 6.45) is 0. The smallest absolute Gasteiger partial charge is 0.164 e. The van der Waals surface area contributed by atoms with Gasteiger partial charge >= 0.3 is 0 Å². The monoisotopic (exact) mass is 779 g/mol. The van der Waals surface area contributed by atoms with Crippen molar-refractivity contribution in [3.63, 3.8) is 0 Å². The van der Waals surface area contributed by atoms with E-state index >= 15 is 0 Å². The van der Waals surface area contributed by atoms with E-state index in [1.54, 1.807) is 0 Å². The summed E-state index contributed by atoms with van der Waals surface area (Å²) in [4.78, 5) is 14.8. The molecule has 0 bridgehead atoms. The zero-order valence-electron chi connectivity index (χ0n) is 33.1. The van der Waals surface area contributed by atoms with Crippen LogP contribution in [-0.2, 0) is 0 Å². The molecule has 4 heteroatoms. The Kier molecular flexibility index (Phi) is 9.14. The number of benzene rings is 9. The summed E-state index contributed by atoms with van der Waals surface area (Å²) in [6.45, 7) is 0. The van der Waals surface area contributed by atoms with Crippen LogP contribution in [-0.4, -0.2) is 15.0 Å². The molecule has 11 rings (SSSR count). The summed E-state index contributed by atoms with van der Waals surface area (Å²) in [5.74, 6) is 1.90. The SMILES string of the molecule is c1ccc(-c2cc(-c3ccccc3)cc(-c3cccc(-c4cc(-c5ccc(-c6nc(-c7ccccc7)nc(-c7ccccc7)n6)cc5)cc5oc6ccccc6c45)c3)c2)cc1. The third-order valence-corrected chi connectivity index (χ3v) is 11.3. The van der Waals surface area contributed by atoms with Crippen LogP contribution in [0.5, 0.6) is 0 Å². The first-order valence-corrected chi connectivity index (χ1v) is 20.5. The Hall–Kier alpha value is -8.21. The normalized spacial score (nSPS) is 11.3. The topological polar surface area (TPSA) is 51.8 Å². The number of rotatable bonds is 8. The highest BCUT2D eigenvalue weighted by atomic mass is 16.3. The Bertz CT molecular complexity index is 3210. The van der Waals surface area contributed by atoms with E-state index in [9.17, 15) is 0 Å². The van der Waals surface area contributed by atoms with E-state index < -0.39 is 0 Å². The van der Waals surface area contributed by atoms with Gasteiger partial charge in [-0.1, -0.05) is 182 Å². The summed E-state index contributed by atoms with van der Waals surface area (Å²) in [5, 5.41) is 2.19. The first kappa shape index (κ1) is 35.9. The Balaban J connectivity index is 1.02. The van der Waals surface area contributed by atoms with Crippen LogP contribution in [0, 0.1) is 0 Å². The third-order valence-electron chi connectivity index (χ3n) is 11.3. The van der Waals surface area contributed by atoms with Crippen LogP contribution in [0.15, 0.2) is 229 Å².